The van der Waals surface area contributed by atoms with Gasteiger partial charge in [0.1, 0.15) is 29.9 Å². The van der Waals surface area contributed by atoms with Gasteiger partial charge in [-0.1, -0.05) is 0 Å². The highest BCUT2D eigenvalue weighted by atomic mass is 16.4. The summed E-state index contributed by atoms with van der Waals surface area (Å²) in [5, 5.41) is 59.8. The first-order chi connectivity index (χ1) is 10.4. The van der Waals surface area contributed by atoms with Gasteiger partial charge >= 0.3 is 0 Å². The largest absolute Gasteiger partial charge is 0.394 e. The van der Waals surface area contributed by atoms with E-state index < -0.39 is 31.0 Å². The zero-order chi connectivity index (χ0) is 16.4. The fourth-order valence-corrected chi connectivity index (χ4v) is 2.10. The number of hydrogen-bond acceptors (Lipinski definition) is 8. The fourth-order valence-electron chi connectivity index (χ4n) is 2.10. The highest BCUT2D eigenvalue weighted by Gasteiger charge is 2.30. The molecule has 0 saturated heterocycles. The van der Waals surface area contributed by atoms with Crippen LogP contribution in [0.4, 0.5) is 0 Å². The van der Waals surface area contributed by atoms with Gasteiger partial charge in [0.15, 0.2) is 5.65 Å². The molecule has 0 amide bonds. The first kappa shape index (κ1) is 16.5. The maximum atomic E-state index is 9.93. The Bertz CT molecular complexity index is 699. The van der Waals surface area contributed by atoms with Crippen LogP contribution in [0.2, 0.25) is 0 Å². The first-order valence-corrected chi connectivity index (χ1v) is 6.61. The minimum atomic E-state index is -1.70. The molecule has 0 spiro atoms. The molecule has 0 fully saturated rings. The van der Waals surface area contributed by atoms with Gasteiger partial charge in [0, 0.05) is 7.05 Å². The summed E-state index contributed by atoms with van der Waals surface area (Å²) in [5.41, 5.74) is 0.550. The molecule has 22 heavy (non-hydrogen) atoms. The summed E-state index contributed by atoms with van der Waals surface area (Å²) in [5.74, 6) is 0. The Hall–Kier alpha value is -1.85. The molecule has 122 valence electrons. The van der Waals surface area contributed by atoms with Crippen LogP contribution >= 0.6 is 0 Å². The van der Waals surface area contributed by atoms with Crippen molar-refractivity contribution in [1.82, 2.24) is 19.3 Å². The van der Waals surface area contributed by atoms with E-state index >= 15 is 0 Å². The second-order valence-electron chi connectivity index (χ2n) is 5.05. The van der Waals surface area contributed by atoms with E-state index in [4.69, 9.17) is 10.5 Å². The molecule has 2 rings (SSSR count). The SMILES string of the molecule is Cn1ncc2c(=N)n(C[C@@H](O)[C@H](O)[C@H](O)[C@H](O)CO)cnc21. The third-order valence-corrected chi connectivity index (χ3v) is 3.48. The van der Waals surface area contributed by atoms with Gasteiger partial charge in [-0.3, -0.25) is 10.1 Å². The van der Waals surface area contributed by atoms with Crippen molar-refractivity contribution in [3.05, 3.63) is 18.0 Å². The molecule has 2 aromatic rings. The molecule has 0 bridgehead atoms. The smallest absolute Gasteiger partial charge is 0.162 e. The highest BCUT2D eigenvalue weighted by Crippen LogP contribution is 2.08. The number of aliphatic hydroxyl groups excluding tert-OH is 5. The summed E-state index contributed by atoms with van der Waals surface area (Å²) in [6, 6.07) is 0. The van der Waals surface area contributed by atoms with Gasteiger partial charge in [0.25, 0.3) is 0 Å². The van der Waals surface area contributed by atoms with Crippen LogP contribution in [0.5, 0.6) is 0 Å². The minimum Gasteiger partial charge on any atom is -0.394 e. The summed E-state index contributed by atoms with van der Waals surface area (Å²) >= 11 is 0. The van der Waals surface area contributed by atoms with Gasteiger partial charge in [-0.25, -0.2) is 4.98 Å². The molecule has 0 aromatic carbocycles. The lowest BCUT2D eigenvalue weighted by atomic mass is 10.0. The van der Waals surface area contributed by atoms with Crippen LogP contribution in [0, 0.1) is 5.41 Å². The lowest BCUT2D eigenvalue weighted by Crippen LogP contribution is -2.47. The van der Waals surface area contributed by atoms with E-state index in [2.05, 4.69) is 10.1 Å². The zero-order valence-electron chi connectivity index (χ0n) is 11.9. The van der Waals surface area contributed by atoms with Crippen molar-refractivity contribution in [2.24, 2.45) is 7.05 Å². The number of aromatic nitrogens is 4. The topological polar surface area (TPSA) is 161 Å². The summed E-state index contributed by atoms with van der Waals surface area (Å²) in [6.45, 7) is -0.960. The number of aryl methyl sites for hydroxylation is 1. The Morgan fingerprint density at radius 2 is 1.82 bits per heavy atom. The van der Waals surface area contributed by atoms with E-state index in [1.807, 2.05) is 0 Å². The van der Waals surface area contributed by atoms with Crippen molar-refractivity contribution in [1.29, 1.82) is 5.41 Å². The van der Waals surface area contributed by atoms with Crippen molar-refractivity contribution in [2.75, 3.05) is 6.61 Å². The fraction of sp³-hybridized carbons (Fsp3) is 0.583. The highest BCUT2D eigenvalue weighted by molar-refractivity contribution is 5.72. The number of rotatable bonds is 6. The Morgan fingerprint density at radius 1 is 1.18 bits per heavy atom. The Kier molecular flexibility index (Phi) is 4.88. The molecule has 10 heteroatoms. The molecule has 2 aromatic heterocycles. The van der Waals surface area contributed by atoms with E-state index in [1.165, 1.54) is 21.8 Å². The van der Waals surface area contributed by atoms with Crippen molar-refractivity contribution in [3.8, 4) is 0 Å². The van der Waals surface area contributed by atoms with Crippen LogP contribution in [0.3, 0.4) is 0 Å². The molecule has 10 nitrogen and oxygen atoms in total. The second kappa shape index (κ2) is 6.50. The van der Waals surface area contributed by atoms with Crippen molar-refractivity contribution < 1.29 is 25.5 Å². The normalized spacial score (nSPS) is 17.4. The van der Waals surface area contributed by atoms with Gasteiger partial charge in [0.05, 0.1) is 31.1 Å². The molecule has 2 heterocycles. The first-order valence-electron chi connectivity index (χ1n) is 6.61. The number of nitrogens with zero attached hydrogens (tertiary/aromatic N) is 4. The van der Waals surface area contributed by atoms with Crippen LogP contribution < -0.4 is 5.49 Å². The summed E-state index contributed by atoms with van der Waals surface area (Å²) in [4.78, 5) is 4.11. The number of aliphatic hydroxyl groups is 5. The zero-order valence-corrected chi connectivity index (χ0v) is 11.9. The summed E-state index contributed by atoms with van der Waals surface area (Å²) in [7, 11) is 1.68. The molecular formula is C12H19N5O5. The van der Waals surface area contributed by atoms with E-state index in [0.717, 1.165) is 0 Å². The second-order valence-corrected chi connectivity index (χ2v) is 5.05. The van der Waals surface area contributed by atoms with Gasteiger partial charge in [-0.05, 0) is 0 Å². The summed E-state index contributed by atoms with van der Waals surface area (Å²) in [6.07, 6.45) is -3.63. The third-order valence-electron chi connectivity index (χ3n) is 3.48. The average molecular weight is 313 g/mol. The quantitative estimate of drug-likeness (QED) is 0.325. The predicted octanol–water partition coefficient (Wildman–Crippen LogP) is -3.31. The van der Waals surface area contributed by atoms with Gasteiger partial charge < -0.3 is 30.1 Å². The van der Waals surface area contributed by atoms with Crippen LogP contribution in [-0.2, 0) is 13.6 Å². The molecular weight excluding hydrogens is 294 g/mol. The lowest BCUT2D eigenvalue weighted by Gasteiger charge is -2.26. The predicted molar refractivity (Wildman–Crippen MR) is 73.5 cm³/mol. The van der Waals surface area contributed by atoms with Crippen molar-refractivity contribution >= 4 is 11.0 Å². The minimum absolute atomic E-state index is 0.0431. The van der Waals surface area contributed by atoms with Gasteiger partial charge in [0.2, 0.25) is 0 Å². The molecule has 0 aliphatic rings. The Labute approximate surface area is 125 Å². The Morgan fingerprint density at radius 3 is 2.45 bits per heavy atom. The maximum Gasteiger partial charge on any atom is 0.162 e. The van der Waals surface area contributed by atoms with Crippen LogP contribution in [-0.4, -0.2) is 75.9 Å². The molecule has 4 atom stereocenters. The molecule has 0 unspecified atom stereocenters. The maximum absolute atomic E-state index is 9.93. The molecule has 0 saturated carbocycles. The van der Waals surface area contributed by atoms with E-state index in [-0.39, 0.29) is 12.0 Å². The van der Waals surface area contributed by atoms with Gasteiger partial charge in [-0.15, -0.1) is 0 Å². The van der Waals surface area contributed by atoms with Crippen molar-refractivity contribution in [3.63, 3.8) is 0 Å². The van der Waals surface area contributed by atoms with Crippen LogP contribution in [0.1, 0.15) is 0 Å². The lowest BCUT2D eigenvalue weighted by molar-refractivity contribution is -0.117. The van der Waals surface area contributed by atoms with E-state index in [1.54, 1.807) is 7.05 Å². The number of fused-ring (bicyclic) bond motifs is 1. The van der Waals surface area contributed by atoms with E-state index in [9.17, 15) is 20.4 Å². The molecule has 0 radical (unpaired) electrons. The Balaban J connectivity index is 2.20. The standard InChI is InChI=1S/C12H19N5O5/c1-16-12-6(2-15-16)11(13)17(5-14-12)3-7(19)9(21)10(22)8(20)4-18/h2,5,7-10,13,18-22H,3-4H2,1H3/t7-,8-,9+,10-/m1/s1. The van der Waals surface area contributed by atoms with Crippen LogP contribution in [0.25, 0.3) is 11.0 Å². The number of hydrogen-bond donors (Lipinski definition) is 6. The molecule has 6 N–H and O–H groups in total. The average Bonchev–Trinajstić information content (AvgIpc) is 2.89. The number of nitrogens with one attached hydrogen (secondary N) is 1. The molecule has 0 aliphatic carbocycles. The molecule has 0 aliphatic heterocycles. The summed E-state index contributed by atoms with van der Waals surface area (Å²) < 4.78 is 2.79. The van der Waals surface area contributed by atoms with Gasteiger partial charge in [-0.2, -0.15) is 5.10 Å². The monoisotopic (exact) mass is 313 g/mol. The van der Waals surface area contributed by atoms with Crippen LogP contribution in [0.15, 0.2) is 12.5 Å². The van der Waals surface area contributed by atoms with E-state index in [0.29, 0.717) is 11.0 Å². The third kappa shape index (κ3) is 3.00. The van der Waals surface area contributed by atoms with Crippen molar-refractivity contribution in [2.45, 2.75) is 31.0 Å².